The maximum Gasteiger partial charge on any atom is 0.115 e. The summed E-state index contributed by atoms with van der Waals surface area (Å²) in [6.45, 7) is 3.24. The highest BCUT2D eigenvalue weighted by Gasteiger charge is 2.18. The Hall–Kier alpha value is -0.160. The Morgan fingerprint density at radius 2 is 2.00 bits per heavy atom. The molecule has 3 N–H and O–H groups in total. The number of rotatable bonds is 2. The normalized spacial score (nSPS) is 12.8. The molecule has 50 valence electrons. The van der Waals surface area contributed by atoms with Crippen LogP contribution in [-0.4, -0.2) is 23.2 Å². The largest absolute Gasteiger partial charge is 0.310 e. The summed E-state index contributed by atoms with van der Waals surface area (Å²) >= 11 is 0. The van der Waals surface area contributed by atoms with E-state index in [0.717, 1.165) is 0 Å². The summed E-state index contributed by atoms with van der Waals surface area (Å²) < 4.78 is 0. The van der Waals surface area contributed by atoms with Gasteiger partial charge in [-0.3, -0.25) is 10.0 Å². The summed E-state index contributed by atoms with van der Waals surface area (Å²) in [6, 6.07) is 0. The minimum Gasteiger partial charge on any atom is -0.310 e. The van der Waals surface area contributed by atoms with E-state index in [2.05, 4.69) is 4.84 Å². The smallest absolute Gasteiger partial charge is 0.115 e. The number of nitrogens with zero attached hydrogens (tertiary/aromatic N) is 1. The molecule has 0 atom stereocenters. The van der Waals surface area contributed by atoms with Gasteiger partial charge in [-0.05, 0) is 19.1 Å². The van der Waals surface area contributed by atoms with Crippen LogP contribution in [0.3, 0.4) is 0 Å². The Labute approximate surface area is 48.7 Å². The van der Waals surface area contributed by atoms with Crippen LogP contribution in [0.5, 0.6) is 0 Å². The van der Waals surface area contributed by atoms with E-state index in [0.29, 0.717) is 5.23 Å². The van der Waals surface area contributed by atoms with E-state index in [-0.39, 0.29) is 0 Å². The molecule has 0 saturated heterocycles. The van der Waals surface area contributed by atoms with Crippen molar-refractivity contribution in [3.63, 3.8) is 0 Å². The van der Waals surface area contributed by atoms with E-state index < -0.39 is 5.66 Å². The molecule has 0 radical (unpaired) electrons. The second-order valence-corrected chi connectivity index (χ2v) is 2.11. The van der Waals surface area contributed by atoms with Gasteiger partial charge in [0.25, 0.3) is 0 Å². The molecule has 0 unspecified atom stereocenters. The van der Waals surface area contributed by atoms with E-state index >= 15 is 0 Å². The first-order valence-electron chi connectivity index (χ1n) is 2.30. The van der Waals surface area contributed by atoms with E-state index in [1.807, 2.05) is 0 Å². The number of hydrogen-bond acceptors (Lipinski definition) is 4. The molecule has 0 aliphatic carbocycles. The van der Waals surface area contributed by atoms with Crippen molar-refractivity contribution in [1.82, 2.24) is 5.23 Å². The van der Waals surface area contributed by atoms with Gasteiger partial charge in [0, 0.05) is 0 Å². The van der Waals surface area contributed by atoms with Crippen molar-refractivity contribution in [3.8, 4) is 0 Å². The maximum atomic E-state index is 8.68. The van der Waals surface area contributed by atoms with Crippen LogP contribution >= 0.6 is 0 Å². The molecule has 0 rings (SSSR count). The molecule has 0 aromatic rings. The molecule has 0 heterocycles. The summed E-state index contributed by atoms with van der Waals surface area (Å²) in [5, 5.41) is 9.27. The number of hydrogen-bond donors (Lipinski definition) is 2. The molecular formula is C4H12N2O2. The van der Waals surface area contributed by atoms with Crippen molar-refractivity contribution >= 4 is 0 Å². The van der Waals surface area contributed by atoms with Crippen LogP contribution in [0, 0.1) is 0 Å². The van der Waals surface area contributed by atoms with Crippen LogP contribution in [0.4, 0.5) is 0 Å². The third-order valence-electron chi connectivity index (χ3n) is 0.666. The van der Waals surface area contributed by atoms with Gasteiger partial charge in [-0.1, -0.05) is 0 Å². The Bertz CT molecular complexity index is 68.9. The third-order valence-corrected chi connectivity index (χ3v) is 0.666. The molecule has 0 bridgehead atoms. The van der Waals surface area contributed by atoms with Crippen LogP contribution < -0.4 is 5.73 Å². The van der Waals surface area contributed by atoms with Crippen molar-refractivity contribution in [2.24, 2.45) is 5.73 Å². The summed E-state index contributed by atoms with van der Waals surface area (Å²) in [4.78, 5) is 4.38. The highest BCUT2D eigenvalue weighted by molar-refractivity contribution is 4.59. The van der Waals surface area contributed by atoms with Crippen LogP contribution in [0.25, 0.3) is 0 Å². The number of hydroxylamine groups is 2. The first-order valence-corrected chi connectivity index (χ1v) is 2.30. The highest BCUT2D eigenvalue weighted by Crippen LogP contribution is 2.00. The molecule has 0 aliphatic heterocycles. The highest BCUT2D eigenvalue weighted by atomic mass is 16.9. The quantitative estimate of drug-likeness (QED) is 0.395. The van der Waals surface area contributed by atoms with E-state index in [1.54, 1.807) is 13.8 Å². The van der Waals surface area contributed by atoms with Crippen LogP contribution in [0.1, 0.15) is 13.8 Å². The SMILES string of the molecule is CON(O)C(C)(C)N. The molecule has 0 aromatic carbocycles. The zero-order valence-electron chi connectivity index (χ0n) is 5.38. The zero-order valence-corrected chi connectivity index (χ0v) is 5.38. The monoisotopic (exact) mass is 120 g/mol. The zero-order chi connectivity index (χ0) is 6.78. The van der Waals surface area contributed by atoms with Crippen molar-refractivity contribution in [3.05, 3.63) is 0 Å². The van der Waals surface area contributed by atoms with E-state index in [9.17, 15) is 0 Å². The first-order chi connectivity index (χ1) is 3.48. The summed E-state index contributed by atoms with van der Waals surface area (Å²) in [5.74, 6) is 0. The second kappa shape index (κ2) is 2.41. The van der Waals surface area contributed by atoms with Crippen molar-refractivity contribution in [1.29, 1.82) is 0 Å². The molecule has 4 nitrogen and oxygen atoms in total. The molecule has 8 heavy (non-hydrogen) atoms. The molecule has 0 aliphatic rings. The summed E-state index contributed by atoms with van der Waals surface area (Å²) in [6.07, 6.45) is 0. The molecule has 0 amide bonds. The topological polar surface area (TPSA) is 58.7 Å². The fraction of sp³-hybridized carbons (Fsp3) is 1.00. The van der Waals surface area contributed by atoms with Gasteiger partial charge in [-0.2, -0.15) is 0 Å². The molecule has 0 fully saturated rings. The fourth-order valence-corrected chi connectivity index (χ4v) is 0.235. The van der Waals surface area contributed by atoms with E-state index in [1.165, 1.54) is 7.11 Å². The summed E-state index contributed by atoms with van der Waals surface area (Å²) in [5.41, 5.74) is 4.52. The molecule has 0 saturated carbocycles. The van der Waals surface area contributed by atoms with Gasteiger partial charge in [0.1, 0.15) is 5.66 Å². The van der Waals surface area contributed by atoms with Gasteiger partial charge < -0.3 is 5.73 Å². The van der Waals surface area contributed by atoms with Crippen molar-refractivity contribution < 1.29 is 10.0 Å². The van der Waals surface area contributed by atoms with Crippen LogP contribution in [0.2, 0.25) is 0 Å². The molecule has 0 aromatic heterocycles. The maximum absolute atomic E-state index is 8.68. The Morgan fingerprint density at radius 3 is 2.00 bits per heavy atom. The van der Waals surface area contributed by atoms with Gasteiger partial charge in [0.2, 0.25) is 0 Å². The van der Waals surface area contributed by atoms with Gasteiger partial charge in [0.05, 0.1) is 7.11 Å². The lowest BCUT2D eigenvalue weighted by atomic mass is 10.3. The van der Waals surface area contributed by atoms with E-state index in [4.69, 9.17) is 10.9 Å². The van der Waals surface area contributed by atoms with Gasteiger partial charge in [-0.15, -0.1) is 0 Å². The Kier molecular flexibility index (Phi) is 2.36. The second-order valence-electron chi connectivity index (χ2n) is 2.11. The Morgan fingerprint density at radius 1 is 1.62 bits per heavy atom. The third kappa shape index (κ3) is 2.23. The lowest BCUT2D eigenvalue weighted by Gasteiger charge is -2.25. The molecule has 0 spiro atoms. The van der Waals surface area contributed by atoms with Crippen LogP contribution in [0.15, 0.2) is 0 Å². The minimum absolute atomic E-state index is 0.590. The van der Waals surface area contributed by atoms with Gasteiger partial charge in [-0.25, -0.2) is 0 Å². The summed E-state index contributed by atoms with van der Waals surface area (Å²) in [7, 11) is 1.34. The van der Waals surface area contributed by atoms with Gasteiger partial charge >= 0.3 is 0 Å². The Balaban J connectivity index is 3.62. The predicted octanol–water partition coefficient (Wildman–Crippen LogP) is -0.0662. The average molecular weight is 120 g/mol. The van der Waals surface area contributed by atoms with Crippen LogP contribution in [-0.2, 0) is 4.84 Å². The van der Waals surface area contributed by atoms with Crippen molar-refractivity contribution in [2.75, 3.05) is 7.11 Å². The standard InChI is InChI=1S/C4H12N2O2/c1-4(2,5)6(7)8-3/h7H,5H2,1-3H3. The first kappa shape index (κ1) is 7.84. The predicted molar refractivity (Wildman–Crippen MR) is 28.9 cm³/mol. The fourth-order valence-electron chi connectivity index (χ4n) is 0.235. The lowest BCUT2D eigenvalue weighted by molar-refractivity contribution is -0.370. The molecular weight excluding hydrogens is 108 g/mol. The lowest BCUT2D eigenvalue weighted by Crippen LogP contribution is -2.48. The average Bonchev–Trinajstić information content (AvgIpc) is 1.62. The van der Waals surface area contributed by atoms with Gasteiger partial charge in [0.15, 0.2) is 0 Å². The number of nitrogens with two attached hydrogens (primary N) is 1. The van der Waals surface area contributed by atoms with Crippen molar-refractivity contribution in [2.45, 2.75) is 19.5 Å². The molecule has 4 heteroatoms. The minimum atomic E-state index is -0.825.